The number of carbonyl (C=O) groups excluding carboxylic acids is 1. The van der Waals surface area contributed by atoms with Crippen LogP contribution in [0.4, 0.5) is 5.69 Å². The van der Waals surface area contributed by atoms with Crippen LogP contribution >= 0.6 is 11.6 Å². The van der Waals surface area contributed by atoms with E-state index < -0.39 is 5.97 Å². The van der Waals surface area contributed by atoms with Crippen molar-refractivity contribution in [2.24, 2.45) is 0 Å². The van der Waals surface area contributed by atoms with Crippen molar-refractivity contribution in [3.05, 3.63) is 58.4 Å². The molecular formula is C15H11ClN2O3. The summed E-state index contributed by atoms with van der Waals surface area (Å²) in [4.78, 5) is 29.0. The van der Waals surface area contributed by atoms with E-state index in [9.17, 15) is 9.59 Å². The second-order valence-corrected chi connectivity index (χ2v) is 5.12. The molecule has 1 aliphatic heterocycles. The number of carboxylic acids is 1. The summed E-state index contributed by atoms with van der Waals surface area (Å²) >= 11 is 6.03. The number of nitrogens with zero attached hydrogens (tertiary/aromatic N) is 2. The fourth-order valence-corrected chi connectivity index (χ4v) is 2.61. The second kappa shape index (κ2) is 5.18. The van der Waals surface area contributed by atoms with Crippen LogP contribution in [0.5, 0.6) is 0 Å². The molecular weight excluding hydrogens is 292 g/mol. The number of fused-ring (bicyclic) bond motifs is 1. The van der Waals surface area contributed by atoms with Crippen molar-refractivity contribution >= 4 is 29.2 Å². The van der Waals surface area contributed by atoms with Gasteiger partial charge in [-0.05, 0) is 36.2 Å². The molecule has 0 aliphatic carbocycles. The number of anilines is 1. The van der Waals surface area contributed by atoms with Gasteiger partial charge in [0, 0.05) is 24.6 Å². The van der Waals surface area contributed by atoms with E-state index in [-0.39, 0.29) is 11.5 Å². The minimum absolute atomic E-state index is 0.224. The Morgan fingerprint density at radius 1 is 1.29 bits per heavy atom. The van der Waals surface area contributed by atoms with Gasteiger partial charge in [-0.1, -0.05) is 11.6 Å². The van der Waals surface area contributed by atoms with Gasteiger partial charge in [-0.3, -0.25) is 9.78 Å². The van der Waals surface area contributed by atoms with Gasteiger partial charge in [-0.2, -0.15) is 0 Å². The highest BCUT2D eigenvalue weighted by molar-refractivity contribution is 6.34. The van der Waals surface area contributed by atoms with Gasteiger partial charge in [0.05, 0.1) is 16.1 Å². The van der Waals surface area contributed by atoms with Crippen molar-refractivity contribution in [3.63, 3.8) is 0 Å². The number of rotatable bonds is 2. The Morgan fingerprint density at radius 3 is 2.81 bits per heavy atom. The van der Waals surface area contributed by atoms with Gasteiger partial charge in [0.2, 0.25) is 0 Å². The summed E-state index contributed by atoms with van der Waals surface area (Å²) in [6.45, 7) is 0.502. The topological polar surface area (TPSA) is 70.5 Å². The first-order chi connectivity index (χ1) is 10.1. The molecule has 0 saturated carbocycles. The highest BCUT2D eigenvalue weighted by atomic mass is 35.5. The quantitative estimate of drug-likeness (QED) is 0.926. The van der Waals surface area contributed by atoms with E-state index in [1.165, 1.54) is 18.5 Å². The molecule has 0 bridgehead atoms. The van der Waals surface area contributed by atoms with Gasteiger partial charge in [0.25, 0.3) is 5.91 Å². The maximum atomic E-state index is 12.5. The van der Waals surface area contributed by atoms with Crippen LogP contribution in [0.3, 0.4) is 0 Å². The summed E-state index contributed by atoms with van der Waals surface area (Å²) in [5.41, 5.74) is 2.14. The Bertz CT molecular complexity index is 745. The van der Waals surface area contributed by atoms with Gasteiger partial charge in [-0.25, -0.2) is 4.79 Å². The molecule has 3 rings (SSSR count). The lowest BCUT2D eigenvalue weighted by atomic mass is 10.1. The van der Waals surface area contributed by atoms with E-state index in [1.807, 2.05) is 0 Å². The second-order valence-electron chi connectivity index (χ2n) is 4.71. The van der Waals surface area contributed by atoms with Crippen LogP contribution in [-0.4, -0.2) is 28.5 Å². The van der Waals surface area contributed by atoms with Crippen LogP contribution < -0.4 is 4.90 Å². The fourth-order valence-electron chi connectivity index (χ4n) is 2.43. The monoisotopic (exact) mass is 302 g/mol. The molecule has 0 saturated heterocycles. The molecule has 5 nitrogen and oxygen atoms in total. The Hall–Kier alpha value is -2.40. The number of carbonyl (C=O) groups is 2. The van der Waals surface area contributed by atoms with Gasteiger partial charge in [-0.15, -0.1) is 0 Å². The molecule has 1 N–H and O–H groups in total. The van der Waals surface area contributed by atoms with Crippen molar-refractivity contribution in [3.8, 4) is 0 Å². The largest absolute Gasteiger partial charge is 0.478 e. The summed E-state index contributed by atoms with van der Waals surface area (Å²) in [6.07, 6.45) is 3.59. The van der Waals surface area contributed by atoms with E-state index >= 15 is 0 Å². The number of hydrogen-bond donors (Lipinski definition) is 1. The number of amides is 1. The number of pyridine rings is 1. The predicted octanol–water partition coefficient (Wildman–Crippen LogP) is 2.64. The van der Waals surface area contributed by atoms with Crippen molar-refractivity contribution in [1.29, 1.82) is 0 Å². The SMILES string of the molecule is O=C(O)c1ccc2c(c1)CCN2C(=O)c1cnccc1Cl. The summed E-state index contributed by atoms with van der Waals surface area (Å²) in [5.74, 6) is -1.20. The summed E-state index contributed by atoms with van der Waals surface area (Å²) in [6, 6.07) is 6.33. The first-order valence-electron chi connectivity index (χ1n) is 6.35. The molecule has 6 heteroatoms. The zero-order valence-corrected chi connectivity index (χ0v) is 11.7. The maximum absolute atomic E-state index is 12.5. The van der Waals surface area contributed by atoms with E-state index in [2.05, 4.69) is 4.98 Å². The average molecular weight is 303 g/mol. The lowest BCUT2D eigenvalue weighted by Gasteiger charge is -2.17. The molecule has 2 heterocycles. The number of halogens is 1. The Balaban J connectivity index is 1.96. The van der Waals surface area contributed by atoms with Crippen LogP contribution in [0.2, 0.25) is 5.02 Å². The predicted molar refractivity (Wildman–Crippen MR) is 78.0 cm³/mol. The Kier molecular flexibility index (Phi) is 3.35. The van der Waals surface area contributed by atoms with Gasteiger partial charge in [0.15, 0.2) is 0 Å². The van der Waals surface area contributed by atoms with Crippen LogP contribution in [0.15, 0.2) is 36.7 Å². The third-order valence-electron chi connectivity index (χ3n) is 3.47. The normalized spacial score (nSPS) is 13.1. The lowest BCUT2D eigenvalue weighted by molar-refractivity contribution is 0.0696. The van der Waals surface area contributed by atoms with E-state index in [1.54, 1.807) is 23.1 Å². The van der Waals surface area contributed by atoms with Crippen molar-refractivity contribution in [2.75, 3.05) is 11.4 Å². The minimum atomic E-state index is -0.974. The molecule has 0 spiro atoms. The maximum Gasteiger partial charge on any atom is 0.335 e. The summed E-state index contributed by atoms with van der Waals surface area (Å²) < 4.78 is 0. The van der Waals surface area contributed by atoms with Crippen LogP contribution in [-0.2, 0) is 6.42 Å². The molecule has 21 heavy (non-hydrogen) atoms. The molecule has 0 fully saturated rings. The van der Waals surface area contributed by atoms with Gasteiger partial charge in [0.1, 0.15) is 0 Å². The number of aromatic nitrogens is 1. The number of hydrogen-bond acceptors (Lipinski definition) is 3. The van der Waals surface area contributed by atoms with Crippen LogP contribution in [0.1, 0.15) is 26.3 Å². The van der Waals surface area contributed by atoms with Gasteiger partial charge >= 0.3 is 5.97 Å². The molecule has 1 aromatic heterocycles. The molecule has 0 unspecified atom stereocenters. The first kappa shape index (κ1) is 13.6. The number of benzene rings is 1. The number of aromatic carboxylic acids is 1. The zero-order chi connectivity index (χ0) is 15.0. The fraction of sp³-hybridized carbons (Fsp3) is 0.133. The Labute approximate surface area is 125 Å². The smallest absolute Gasteiger partial charge is 0.335 e. The lowest BCUT2D eigenvalue weighted by Crippen LogP contribution is -2.29. The molecule has 1 aromatic carbocycles. The van der Waals surface area contributed by atoms with E-state index in [0.29, 0.717) is 23.6 Å². The van der Waals surface area contributed by atoms with Crippen molar-refractivity contribution < 1.29 is 14.7 Å². The molecule has 0 atom stereocenters. The minimum Gasteiger partial charge on any atom is -0.478 e. The average Bonchev–Trinajstić information content (AvgIpc) is 2.90. The highest BCUT2D eigenvalue weighted by Crippen LogP contribution is 2.31. The summed E-state index contributed by atoms with van der Waals surface area (Å²) in [7, 11) is 0. The summed E-state index contributed by atoms with van der Waals surface area (Å²) in [5, 5.41) is 9.35. The third-order valence-corrected chi connectivity index (χ3v) is 3.80. The standard InChI is InChI=1S/C15H11ClN2O3/c16-12-3-5-17-8-11(12)14(19)18-6-4-9-7-10(15(20)21)1-2-13(9)18/h1-3,5,7-8H,4,6H2,(H,20,21). The molecule has 0 radical (unpaired) electrons. The van der Waals surface area contributed by atoms with E-state index in [4.69, 9.17) is 16.7 Å². The van der Waals surface area contributed by atoms with Crippen LogP contribution in [0, 0.1) is 0 Å². The zero-order valence-electron chi connectivity index (χ0n) is 10.9. The third kappa shape index (κ3) is 2.36. The molecule has 1 amide bonds. The molecule has 2 aromatic rings. The van der Waals surface area contributed by atoms with Gasteiger partial charge < -0.3 is 10.0 Å². The van der Waals surface area contributed by atoms with E-state index in [0.717, 1.165) is 11.3 Å². The van der Waals surface area contributed by atoms with Crippen LogP contribution in [0.25, 0.3) is 0 Å². The number of carboxylic acid groups (broad SMARTS) is 1. The molecule has 1 aliphatic rings. The van der Waals surface area contributed by atoms with Crippen molar-refractivity contribution in [2.45, 2.75) is 6.42 Å². The Morgan fingerprint density at radius 2 is 2.10 bits per heavy atom. The highest BCUT2D eigenvalue weighted by Gasteiger charge is 2.27. The first-order valence-corrected chi connectivity index (χ1v) is 6.73. The molecule has 106 valence electrons. The van der Waals surface area contributed by atoms with Crippen molar-refractivity contribution in [1.82, 2.24) is 4.98 Å².